The molecule has 2 amide bonds. The standard InChI is InChI=1S/C45H78N2O7/c1-3-5-7-9-11-12-13-14-15-16-17-18-19-20-21-22-23-24-25-27-33-37-44(51)54-40(34-30-26-10-8-6-4-2)35-31-28-29-32-36-42(49)46-38-43(50)47-41(39-48)45(52)53/h13-14,16-17,19-20,30,34,40-41,48H,3-12,15,18,21-29,31-33,35-39H2,1-2H3,(H,46,49)(H,47,50)(H,52,53)/b14-13-,17-16-,20-19-,34-30-. The molecule has 4 N–H and O–H groups in total. The van der Waals surface area contributed by atoms with E-state index in [1.165, 1.54) is 77.0 Å². The van der Waals surface area contributed by atoms with E-state index in [2.05, 4.69) is 67.0 Å². The van der Waals surface area contributed by atoms with Crippen molar-refractivity contribution in [3.05, 3.63) is 48.6 Å². The van der Waals surface area contributed by atoms with E-state index in [1.54, 1.807) is 0 Å². The molecule has 0 aliphatic carbocycles. The number of esters is 1. The summed E-state index contributed by atoms with van der Waals surface area (Å²) in [5.41, 5.74) is 0. The summed E-state index contributed by atoms with van der Waals surface area (Å²) in [6.07, 6.45) is 46.0. The first kappa shape index (κ1) is 50.8. The molecule has 310 valence electrons. The molecule has 54 heavy (non-hydrogen) atoms. The van der Waals surface area contributed by atoms with Gasteiger partial charge in [0.25, 0.3) is 0 Å². The molecule has 0 bridgehead atoms. The number of allylic oxidation sites excluding steroid dienone is 7. The first-order valence-corrected chi connectivity index (χ1v) is 21.5. The van der Waals surface area contributed by atoms with Crippen molar-refractivity contribution < 1.29 is 34.1 Å². The van der Waals surface area contributed by atoms with Gasteiger partial charge >= 0.3 is 11.9 Å². The lowest BCUT2D eigenvalue weighted by Crippen LogP contribution is -2.47. The van der Waals surface area contributed by atoms with Crippen LogP contribution in [0.4, 0.5) is 0 Å². The maximum atomic E-state index is 12.7. The molecule has 2 unspecified atom stereocenters. The highest BCUT2D eigenvalue weighted by molar-refractivity contribution is 5.87. The number of hydrogen-bond donors (Lipinski definition) is 4. The lowest BCUT2D eigenvalue weighted by atomic mass is 10.1. The number of aliphatic carboxylic acids is 1. The molecule has 0 aromatic heterocycles. The Balaban J connectivity index is 4.14. The Morgan fingerprint density at radius 2 is 1.06 bits per heavy atom. The summed E-state index contributed by atoms with van der Waals surface area (Å²) in [6.45, 7) is 3.40. The summed E-state index contributed by atoms with van der Waals surface area (Å²) >= 11 is 0. The Morgan fingerprint density at radius 3 is 1.63 bits per heavy atom. The third-order valence-corrected chi connectivity index (χ3v) is 9.28. The van der Waals surface area contributed by atoms with Gasteiger partial charge in [0.2, 0.25) is 11.8 Å². The lowest BCUT2D eigenvalue weighted by Gasteiger charge is -2.15. The number of carbonyl (C=O) groups excluding carboxylic acids is 3. The summed E-state index contributed by atoms with van der Waals surface area (Å²) in [6, 6.07) is -1.39. The Morgan fingerprint density at radius 1 is 0.574 bits per heavy atom. The molecular formula is C45H78N2O7. The van der Waals surface area contributed by atoms with Gasteiger partial charge in [-0.3, -0.25) is 14.4 Å². The molecule has 9 nitrogen and oxygen atoms in total. The summed E-state index contributed by atoms with van der Waals surface area (Å²) < 4.78 is 5.88. The average molecular weight is 759 g/mol. The van der Waals surface area contributed by atoms with Crippen LogP contribution in [0.5, 0.6) is 0 Å². The van der Waals surface area contributed by atoms with Gasteiger partial charge in [-0.15, -0.1) is 0 Å². The number of ether oxygens (including phenoxy) is 1. The number of nitrogens with one attached hydrogen (secondary N) is 2. The highest BCUT2D eigenvalue weighted by Crippen LogP contribution is 2.15. The fraction of sp³-hybridized carbons (Fsp3) is 0.733. The van der Waals surface area contributed by atoms with Crippen molar-refractivity contribution in [1.82, 2.24) is 10.6 Å². The molecule has 0 heterocycles. The van der Waals surface area contributed by atoms with Crippen LogP contribution in [0.1, 0.15) is 187 Å². The quantitative estimate of drug-likeness (QED) is 0.0279. The molecule has 9 heteroatoms. The fourth-order valence-electron chi connectivity index (χ4n) is 5.92. The zero-order valence-corrected chi connectivity index (χ0v) is 34.2. The summed E-state index contributed by atoms with van der Waals surface area (Å²) in [7, 11) is 0. The molecule has 0 aromatic rings. The van der Waals surface area contributed by atoms with Crippen molar-refractivity contribution in [3.8, 4) is 0 Å². The highest BCUT2D eigenvalue weighted by Gasteiger charge is 2.18. The first-order valence-electron chi connectivity index (χ1n) is 21.5. The number of rotatable bonds is 38. The van der Waals surface area contributed by atoms with E-state index < -0.39 is 24.5 Å². The third kappa shape index (κ3) is 35.8. The van der Waals surface area contributed by atoms with Crippen molar-refractivity contribution in [2.75, 3.05) is 13.2 Å². The van der Waals surface area contributed by atoms with Gasteiger partial charge in [0.1, 0.15) is 12.1 Å². The van der Waals surface area contributed by atoms with E-state index >= 15 is 0 Å². The number of carboxylic acids is 1. The zero-order chi connectivity index (χ0) is 39.7. The van der Waals surface area contributed by atoms with Gasteiger partial charge in [-0.2, -0.15) is 0 Å². The van der Waals surface area contributed by atoms with E-state index in [-0.39, 0.29) is 30.9 Å². The molecular weight excluding hydrogens is 681 g/mol. The third-order valence-electron chi connectivity index (χ3n) is 9.28. The SMILES string of the molecule is CCCCCC/C=C\C(CCCCCCC(=O)NCC(=O)NC(CO)C(=O)O)OC(=O)CCCCCCCC/C=C\C/C=C\C/C=C\CCCCCCC. The minimum atomic E-state index is -1.39. The van der Waals surface area contributed by atoms with Crippen LogP contribution in [0.25, 0.3) is 0 Å². The van der Waals surface area contributed by atoms with Crippen LogP contribution in [0.2, 0.25) is 0 Å². The summed E-state index contributed by atoms with van der Waals surface area (Å²) in [5.74, 6) is -2.42. The number of unbranched alkanes of at least 4 members (excludes halogenated alkanes) is 18. The molecule has 0 fully saturated rings. The van der Waals surface area contributed by atoms with Gasteiger partial charge < -0.3 is 25.6 Å². The smallest absolute Gasteiger partial charge is 0.328 e. The van der Waals surface area contributed by atoms with Crippen molar-refractivity contribution in [2.24, 2.45) is 0 Å². The molecule has 0 aliphatic rings. The Labute approximate surface area is 328 Å². The summed E-state index contributed by atoms with van der Waals surface area (Å²) in [4.78, 5) is 47.4. The number of amides is 2. The predicted molar refractivity (Wildman–Crippen MR) is 222 cm³/mol. The number of carboxylic acid groups (broad SMARTS) is 1. The number of hydrogen-bond acceptors (Lipinski definition) is 6. The second-order valence-corrected chi connectivity index (χ2v) is 14.4. The van der Waals surface area contributed by atoms with E-state index in [9.17, 15) is 19.2 Å². The maximum Gasteiger partial charge on any atom is 0.328 e. The van der Waals surface area contributed by atoms with Gasteiger partial charge in [-0.25, -0.2) is 4.79 Å². The molecule has 2 atom stereocenters. The van der Waals surface area contributed by atoms with Gasteiger partial charge in [0, 0.05) is 12.8 Å². The van der Waals surface area contributed by atoms with Crippen LogP contribution < -0.4 is 10.6 Å². The number of aliphatic hydroxyl groups is 1. The number of aliphatic hydroxyl groups excluding tert-OH is 1. The Bertz CT molecular complexity index is 1050. The maximum absolute atomic E-state index is 12.7. The zero-order valence-electron chi connectivity index (χ0n) is 34.2. The van der Waals surface area contributed by atoms with E-state index in [1.807, 2.05) is 6.08 Å². The lowest BCUT2D eigenvalue weighted by molar-refractivity contribution is -0.147. The van der Waals surface area contributed by atoms with Crippen LogP contribution in [0.15, 0.2) is 48.6 Å². The van der Waals surface area contributed by atoms with Gasteiger partial charge in [0.15, 0.2) is 0 Å². The van der Waals surface area contributed by atoms with Gasteiger partial charge in [0.05, 0.1) is 13.2 Å². The minimum absolute atomic E-state index is 0.127. The van der Waals surface area contributed by atoms with E-state index in [0.717, 1.165) is 77.0 Å². The van der Waals surface area contributed by atoms with Gasteiger partial charge in [-0.1, -0.05) is 140 Å². The monoisotopic (exact) mass is 759 g/mol. The number of carbonyl (C=O) groups is 4. The fourth-order valence-corrected chi connectivity index (χ4v) is 5.92. The first-order chi connectivity index (χ1) is 26.3. The Hall–Kier alpha value is -3.20. The molecule has 0 radical (unpaired) electrons. The predicted octanol–water partition coefficient (Wildman–Crippen LogP) is 10.4. The second-order valence-electron chi connectivity index (χ2n) is 14.4. The van der Waals surface area contributed by atoms with Crippen molar-refractivity contribution in [3.63, 3.8) is 0 Å². The molecule has 0 aromatic carbocycles. The normalized spacial score (nSPS) is 12.9. The Kier molecular flexibility index (Phi) is 37.2. The van der Waals surface area contributed by atoms with Crippen molar-refractivity contribution in [1.29, 1.82) is 0 Å². The highest BCUT2D eigenvalue weighted by atomic mass is 16.5. The van der Waals surface area contributed by atoms with E-state index in [0.29, 0.717) is 12.8 Å². The molecule has 0 aliphatic heterocycles. The summed E-state index contributed by atoms with van der Waals surface area (Å²) in [5, 5.41) is 22.5. The van der Waals surface area contributed by atoms with E-state index in [4.69, 9.17) is 14.9 Å². The minimum Gasteiger partial charge on any atom is -0.480 e. The average Bonchev–Trinajstić information content (AvgIpc) is 3.15. The van der Waals surface area contributed by atoms with Crippen LogP contribution >= 0.6 is 0 Å². The van der Waals surface area contributed by atoms with Crippen LogP contribution in [-0.4, -0.2) is 59.3 Å². The van der Waals surface area contributed by atoms with Crippen molar-refractivity contribution in [2.45, 2.75) is 199 Å². The molecule has 0 saturated carbocycles. The largest absolute Gasteiger partial charge is 0.480 e. The topological polar surface area (TPSA) is 142 Å². The molecule has 0 saturated heterocycles. The van der Waals surface area contributed by atoms with Gasteiger partial charge in [-0.05, 0) is 83.1 Å². The molecule has 0 spiro atoms. The van der Waals surface area contributed by atoms with Crippen molar-refractivity contribution >= 4 is 23.8 Å². The van der Waals surface area contributed by atoms with Crippen LogP contribution in [0, 0.1) is 0 Å². The van der Waals surface area contributed by atoms with Crippen LogP contribution in [0.3, 0.4) is 0 Å². The molecule has 0 rings (SSSR count). The van der Waals surface area contributed by atoms with Crippen LogP contribution in [-0.2, 0) is 23.9 Å². The second kappa shape index (κ2) is 39.5.